The first-order valence-electron chi connectivity index (χ1n) is 7.66. The molecule has 3 aromatic rings. The van der Waals surface area contributed by atoms with Crippen molar-refractivity contribution in [3.05, 3.63) is 35.1 Å². The summed E-state index contributed by atoms with van der Waals surface area (Å²) >= 11 is 2.46. The number of carbonyl (C=O) groups is 2. The van der Waals surface area contributed by atoms with Gasteiger partial charge in [0.1, 0.15) is 0 Å². The zero-order chi connectivity index (χ0) is 18.7. The second kappa shape index (κ2) is 7.75. The highest BCUT2D eigenvalue weighted by atomic mass is 32.2. The van der Waals surface area contributed by atoms with Crippen LogP contribution in [0.4, 0.5) is 5.13 Å². The summed E-state index contributed by atoms with van der Waals surface area (Å²) in [5.41, 5.74) is 1.53. The summed E-state index contributed by atoms with van der Waals surface area (Å²) in [5, 5.41) is 12.1. The predicted molar refractivity (Wildman–Crippen MR) is 100 cm³/mol. The Morgan fingerprint density at radius 2 is 2.00 bits per heavy atom. The molecular formula is C16H16N6O2S2. The number of amides is 1. The maximum Gasteiger partial charge on any atom is 0.236 e. The molecule has 0 aliphatic rings. The van der Waals surface area contributed by atoms with E-state index in [0.717, 1.165) is 5.56 Å². The third kappa shape index (κ3) is 3.97. The number of aryl methyl sites for hydroxylation is 1. The van der Waals surface area contributed by atoms with Gasteiger partial charge in [0.15, 0.2) is 21.9 Å². The normalized spacial score (nSPS) is 10.7. The van der Waals surface area contributed by atoms with Crippen LogP contribution in [0.25, 0.3) is 11.4 Å². The number of thioether (sulfide) groups is 1. The number of aromatic nitrogens is 5. The third-order valence-corrected chi connectivity index (χ3v) is 5.66. The van der Waals surface area contributed by atoms with E-state index in [1.54, 1.807) is 19.3 Å². The highest BCUT2D eigenvalue weighted by Gasteiger charge is 2.15. The SMILES string of the molecule is CC(=O)c1sc(NC(=O)CSc2nnc(-c3ccncc3)n2C)nc1C. The Hall–Kier alpha value is -2.59. The van der Waals surface area contributed by atoms with Gasteiger partial charge in [0, 0.05) is 31.9 Å². The van der Waals surface area contributed by atoms with E-state index in [0.29, 0.717) is 26.7 Å². The van der Waals surface area contributed by atoms with Crippen molar-refractivity contribution in [2.24, 2.45) is 7.05 Å². The Kier molecular flexibility index (Phi) is 5.43. The largest absolute Gasteiger partial charge is 0.305 e. The van der Waals surface area contributed by atoms with E-state index in [4.69, 9.17) is 0 Å². The maximum atomic E-state index is 12.1. The molecule has 134 valence electrons. The van der Waals surface area contributed by atoms with Crippen molar-refractivity contribution in [3.63, 3.8) is 0 Å². The molecule has 8 nitrogen and oxygen atoms in total. The van der Waals surface area contributed by atoms with E-state index >= 15 is 0 Å². The summed E-state index contributed by atoms with van der Waals surface area (Å²) in [4.78, 5) is 32.4. The lowest BCUT2D eigenvalue weighted by Gasteiger charge is -2.04. The molecule has 0 saturated carbocycles. The minimum atomic E-state index is -0.215. The average Bonchev–Trinajstić information content (AvgIpc) is 3.16. The number of hydrogen-bond donors (Lipinski definition) is 1. The molecule has 10 heteroatoms. The fourth-order valence-electron chi connectivity index (χ4n) is 2.25. The van der Waals surface area contributed by atoms with Crippen LogP contribution in [0.1, 0.15) is 22.3 Å². The molecule has 0 aliphatic carbocycles. The molecule has 1 amide bonds. The van der Waals surface area contributed by atoms with E-state index in [2.05, 4.69) is 25.5 Å². The first-order chi connectivity index (χ1) is 12.5. The Morgan fingerprint density at radius 1 is 1.27 bits per heavy atom. The molecule has 0 radical (unpaired) electrons. The van der Waals surface area contributed by atoms with Gasteiger partial charge in [-0.2, -0.15) is 0 Å². The zero-order valence-corrected chi connectivity index (χ0v) is 16.0. The monoisotopic (exact) mass is 388 g/mol. The summed E-state index contributed by atoms with van der Waals surface area (Å²) in [7, 11) is 1.85. The zero-order valence-electron chi connectivity index (χ0n) is 14.4. The fraction of sp³-hybridized carbons (Fsp3) is 0.250. The molecule has 3 heterocycles. The number of carbonyl (C=O) groups excluding carboxylic acids is 2. The molecule has 0 spiro atoms. The van der Waals surface area contributed by atoms with Gasteiger partial charge in [0.25, 0.3) is 0 Å². The molecule has 0 bridgehead atoms. The lowest BCUT2D eigenvalue weighted by atomic mass is 10.2. The first kappa shape index (κ1) is 18.2. The van der Waals surface area contributed by atoms with Crippen molar-refractivity contribution < 1.29 is 9.59 Å². The van der Waals surface area contributed by atoms with Crippen LogP contribution >= 0.6 is 23.1 Å². The molecule has 3 rings (SSSR count). The summed E-state index contributed by atoms with van der Waals surface area (Å²) in [6, 6.07) is 3.70. The average molecular weight is 388 g/mol. The van der Waals surface area contributed by atoms with Gasteiger partial charge in [0.2, 0.25) is 5.91 Å². The molecular weight excluding hydrogens is 372 g/mol. The summed E-state index contributed by atoms with van der Waals surface area (Å²) in [6.07, 6.45) is 3.38. The molecule has 0 unspecified atom stereocenters. The van der Waals surface area contributed by atoms with Crippen LogP contribution in [0.3, 0.4) is 0 Å². The van der Waals surface area contributed by atoms with Crippen molar-refractivity contribution in [1.29, 1.82) is 0 Å². The number of pyridine rings is 1. The standard InChI is InChI=1S/C16H16N6O2S2/c1-9-13(10(2)23)26-15(18-9)19-12(24)8-25-16-21-20-14(22(16)3)11-4-6-17-7-5-11/h4-7H,8H2,1-3H3,(H,18,19,24). The Balaban J connectivity index is 1.63. The smallest absolute Gasteiger partial charge is 0.236 e. The van der Waals surface area contributed by atoms with Crippen LogP contribution < -0.4 is 5.32 Å². The molecule has 1 N–H and O–H groups in total. The van der Waals surface area contributed by atoms with Crippen LogP contribution in [0, 0.1) is 6.92 Å². The van der Waals surface area contributed by atoms with Crippen LogP contribution in [0.15, 0.2) is 29.7 Å². The molecule has 0 aromatic carbocycles. The minimum Gasteiger partial charge on any atom is -0.305 e. The highest BCUT2D eigenvalue weighted by Crippen LogP contribution is 2.24. The number of nitrogens with one attached hydrogen (secondary N) is 1. The predicted octanol–water partition coefficient (Wildman–Crippen LogP) is 2.58. The van der Waals surface area contributed by atoms with Gasteiger partial charge in [-0.1, -0.05) is 23.1 Å². The molecule has 26 heavy (non-hydrogen) atoms. The number of hydrogen-bond acceptors (Lipinski definition) is 8. The van der Waals surface area contributed by atoms with E-state index in [1.807, 2.05) is 23.7 Å². The van der Waals surface area contributed by atoms with Gasteiger partial charge in [-0.25, -0.2) is 4.98 Å². The third-order valence-electron chi connectivity index (χ3n) is 3.47. The van der Waals surface area contributed by atoms with E-state index < -0.39 is 0 Å². The number of ketones is 1. The van der Waals surface area contributed by atoms with Crippen LogP contribution in [-0.2, 0) is 11.8 Å². The second-order valence-corrected chi connectivity index (χ2v) is 7.37. The van der Waals surface area contributed by atoms with Crippen molar-refractivity contribution >= 4 is 39.9 Å². The number of rotatable bonds is 6. The first-order valence-corrected chi connectivity index (χ1v) is 9.46. The number of nitrogens with zero attached hydrogens (tertiary/aromatic N) is 5. The number of Topliss-reactive ketones (excluding diaryl/α,β-unsaturated/α-hetero) is 1. The molecule has 0 saturated heterocycles. The van der Waals surface area contributed by atoms with Gasteiger partial charge in [-0.3, -0.25) is 14.6 Å². The van der Waals surface area contributed by atoms with Gasteiger partial charge in [-0.05, 0) is 19.1 Å². The molecule has 0 fully saturated rings. The van der Waals surface area contributed by atoms with E-state index in [9.17, 15) is 9.59 Å². The van der Waals surface area contributed by atoms with E-state index in [1.165, 1.54) is 30.0 Å². The van der Waals surface area contributed by atoms with Gasteiger partial charge < -0.3 is 9.88 Å². The fourth-order valence-corrected chi connectivity index (χ4v) is 3.84. The van der Waals surface area contributed by atoms with Gasteiger partial charge >= 0.3 is 0 Å². The van der Waals surface area contributed by atoms with Crippen molar-refractivity contribution in [2.45, 2.75) is 19.0 Å². The highest BCUT2D eigenvalue weighted by molar-refractivity contribution is 7.99. The maximum absolute atomic E-state index is 12.1. The molecule has 0 aliphatic heterocycles. The second-order valence-electron chi connectivity index (χ2n) is 5.43. The van der Waals surface area contributed by atoms with Gasteiger partial charge in [-0.15, -0.1) is 10.2 Å². The quantitative estimate of drug-likeness (QED) is 0.511. The van der Waals surface area contributed by atoms with Crippen LogP contribution in [0.2, 0.25) is 0 Å². The Bertz CT molecular complexity index is 951. The van der Waals surface area contributed by atoms with Crippen molar-refractivity contribution in [3.8, 4) is 11.4 Å². The summed E-state index contributed by atoms with van der Waals surface area (Å²) < 4.78 is 1.83. The number of anilines is 1. The summed E-state index contributed by atoms with van der Waals surface area (Å²) in [5.74, 6) is 0.595. The van der Waals surface area contributed by atoms with Crippen LogP contribution in [0.5, 0.6) is 0 Å². The molecule has 0 atom stereocenters. The Morgan fingerprint density at radius 3 is 2.65 bits per heavy atom. The lowest BCUT2D eigenvalue weighted by molar-refractivity contribution is -0.113. The Labute approximate surface area is 158 Å². The van der Waals surface area contributed by atoms with Crippen molar-refractivity contribution in [2.75, 3.05) is 11.1 Å². The van der Waals surface area contributed by atoms with Crippen LogP contribution in [-0.4, -0.2) is 42.2 Å². The number of thiazole rings is 1. The summed E-state index contributed by atoms with van der Waals surface area (Å²) in [6.45, 7) is 3.23. The topological polar surface area (TPSA) is 103 Å². The van der Waals surface area contributed by atoms with Crippen molar-refractivity contribution in [1.82, 2.24) is 24.7 Å². The lowest BCUT2D eigenvalue weighted by Crippen LogP contribution is -2.14. The minimum absolute atomic E-state index is 0.0578. The van der Waals surface area contributed by atoms with E-state index in [-0.39, 0.29) is 17.4 Å². The molecule has 3 aromatic heterocycles. The van der Waals surface area contributed by atoms with Gasteiger partial charge in [0.05, 0.1) is 16.3 Å².